The van der Waals surface area contributed by atoms with Crippen LogP contribution in [-0.4, -0.2) is 35.7 Å². The number of carbonyl (C=O) groups is 1. The van der Waals surface area contributed by atoms with Gasteiger partial charge >= 0.3 is 5.69 Å². The highest BCUT2D eigenvalue weighted by atomic mass is 16.6. The minimum absolute atomic E-state index is 0.0398. The Morgan fingerprint density at radius 1 is 1.21 bits per heavy atom. The Hall–Kier alpha value is -4.09. The van der Waals surface area contributed by atoms with Gasteiger partial charge in [0.15, 0.2) is 5.82 Å². The number of aromatic nitrogens is 4. The smallest absolute Gasteiger partial charge is 0.309 e. The number of non-ortho nitro benzene ring substituents is 1. The van der Waals surface area contributed by atoms with Crippen LogP contribution in [0.15, 0.2) is 30.3 Å². The second kappa shape index (κ2) is 7.88. The fourth-order valence-corrected chi connectivity index (χ4v) is 2.90. The molecule has 1 aromatic carbocycles. The molecule has 0 aliphatic rings. The number of anilines is 1. The Morgan fingerprint density at radius 3 is 2.62 bits per heavy atom. The number of amides is 1. The highest BCUT2D eigenvalue weighted by molar-refractivity contribution is 5.90. The zero-order chi connectivity index (χ0) is 21.1. The molecular weight excluding hydrogens is 382 g/mol. The van der Waals surface area contributed by atoms with Crippen LogP contribution in [0.2, 0.25) is 0 Å². The van der Waals surface area contributed by atoms with Crippen LogP contribution in [0.1, 0.15) is 17.8 Å². The standard InChI is InChI=1S/C17H17N7O5/c1-10-17(24(28)29)11(2)22(21-10)7-6-16(25)18-15-9-14(19-20-15)12-4-3-5-13(8-12)23(26)27/h3-5,8-9H,6-7H2,1-2H3,(H2,18,19,20,25). The molecule has 12 heteroatoms. The van der Waals surface area contributed by atoms with Crippen LogP contribution in [0, 0.1) is 34.1 Å². The molecule has 0 aliphatic heterocycles. The van der Waals surface area contributed by atoms with Crippen molar-refractivity contribution in [3.8, 4) is 11.3 Å². The van der Waals surface area contributed by atoms with Gasteiger partial charge in [-0.1, -0.05) is 12.1 Å². The molecular formula is C17H17N7O5. The van der Waals surface area contributed by atoms with Crippen LogP contribution in [0.3, 0.4) is 0 Å². The predicted molar refractivity (Wildman–Crippen MR) is 102 cm³/mol. The molecule has 3 rings (SSSR count). The van der Waals surface area contributed by atoms with E-state index < -0.39 is 9.85 Å². The van der Waals surface area contributed by atoms with Gasteiger partial charge in [-0.2, -0.15) is 10.2 Å². The third-order valence-electron chi connectivity index (χ3n) is 4.29. The van der Waals surface area contributed by atoms with Crippen LogP contribution >= 0.6 is 0 Å². The highest BCUT2D eigenvalue weighted by Gasteiger charge is 2.22. The van der Waals surface area contributed by atoms with Crippen molar-refractivity contribution in [2.24, 2.45) is 0 Å². The van der Waals surface area contributed by atoms with E-state index in [0.29, 0.717) is 22.6 Å². The first-order valence-corrected chi connectivity index (χ1v) is 8.54. The summed E-state index contributed by atoms with van der Waals surface area (Å²) in [6.07, 6.45) is 0.0398. The summed E-state index contributed by atoms with van der Waals surface area (Å²) in [4.78, 5) is 33.1. The lowest BCUT2D eigenvalue weighted by molar-refractivity contribution is -0.386. The zero-order valence-corrected chi connectivity index (χ0v) is 15.6. The van der Waals surface area contributed by atoms with Gasteiger partial charge in [0.25, 0.3) is 5.69 Å². The van der Waals surface area contributed by atoms with Crippen molar-refractivity contribution in [2.45, 2.75) is 26.8 Å². The summed E-state index contributed by atoms with van der Waals surface area (Å²) < 4.78 is 1.42. The monoisotopic (exact) mass is 399 g/mol. The fourth-order valence-electron chi connectivity index (χ4n) is 2.90. The van der Waals surface area contributed by atoms with Gasteiger partial charge in [-0.25, -0.2) is 0 Å². The lowest BCUT2D eigenvalue weighted by atomic mass is 10.1. The van der Waals surface area contributed by atoms with E-state index in [1.54, 1.807) is 32.0 Å². The second-order valence-corrected chi connectivity index (χ2v) is 6.27. The molecule has 2 N–H and O–H groups in total. The summed E-state index contributed by atoms with van der Waals surface area (Å²) in [5.74, 6) is -0.0897. The van der Waals surface area contributed by atoms with Crippen LogP contribution in [0.4, 0.5) is 17.2 Å². The number of nitrogens with zero attached hydrogens (tertiary/aromatic N) is 5. The van der Waals surface area contributed by atoms with Gasteiger partial charge in [0.2, 0.25) is 5.91 Å². The summed E-state index contributed by atoms with van der Waals surface area (Å²) in [6, 6.07) is 7.58. The lowest BCUT2D eigenvalue weighted by Gasteiger charge is -2.04. The molecule has 2 heterocycles. The Morgan fingerprint density at radius 2 is 1.97 bits per heavy atom. The van der Waals surface area contributed by atoms with Crippen molar-refractivity contribution < 1.29 is 14.6 Å². The molecule has 1 amide bonds. The van der Waals surface area contributed by atoms with E-state index in [9.17, 15) is 25.0 Å². The largest absolute Gasteiger partial charge is 0.312 e. The van der Waals surface area contributed by atoms with Crippen LogP contribution in [0.25, 0.3) is 11.3 Å². The van der Waals surface area contributed by atoms with Crippen LogP contribution in [-0.2, 0) is 11.3 Å². The minimum Gasteiger partial charge on any atom is -0.309 e. The molecule has 3 aromatic rings. The average molecular weight is 399 g/mol. The van der Waals surface area contributed by atoms with Crippen LogP contribution in [0.5, 0.6) is 0 Å². The van der Waals surface area contributed by atoms with Gasteiger partial charge in [0.1, 0.15) is 11.4 Å². The topological polar surface area (TPSA) is 162 Å². The van der Waals surface area contributed by atoms with Gasteiger partial charge in [-0.05, 0) is 13.8 Å². The minimum atomic E-state index is -0.494. The Balaban J connectivity index is 1.64. The molecule has 0 bridgehead atoms. The van der Waals surface area contributed by atoms with E-state index in [2.05, 4.69) is 20.6 Å². The molecule has 0 fully saturated rings. The predicted octanol–water partition coefficient (Wildman–Crippen LogP) is 2.74. The number of hydrogen-bond acceptors (Lipinski definition) is 7. The second-order valence-electron chi connectivity index (χ2n) is 6.27. The molecule has 0 radical (unpaired) electrons. The normalized spacial score (nSPS) is 10.7. The molecule has 150 valence electrons. The summed E-state index contributed by atoms with van der Waals surface area (Å²) in [5.41, 5.74) is 1.64. The van der Waals surface area contributed by atoms with E-state index in [1.807, 2.05) is 0 Å². The van der Waals surface area contributed by atoms with Crippen molar-refractivity contribution in [1.29, 1.82) is 0 Å². The highest BCUT2D eigenvalue weighted by Crippen LogP contribution is 2.24. The maximum absolute atomic E-state index is 12.2. The number of aryl methyl sites for hydroxylation is 2. The maximum atomic E-state index is 12.2. The maximum Gasteiger partial charge on any atom is 0.312 e. The summed E-state index contributed by atoms with van der Waals surface area (Å²) in [7, 11) is 0. The fraction of sp³-hybridized carbons (Fsp3) is 0.235. The number of benzene rings is 1. The quantitative estimate of drug-likeness (QED) is 0.456. The number of nitro groups is 2. The van der Waals surface area contributed by atoms with E-state index in [1.165, 1.54) is 16.8 Å². The third-order valence-corrected chi connectivity index (χ3v) is 4.29. The first kappa shape index (κ1) is 19.7. The van der Waals surface area contributed by atoms with E-state index in [-0.39, 0.29) is 36.1 Å². The van der Waals surface area contributed by atoms with Gasteiger partial charge in [-0.15, -0.1) is 0 Å². The Kier molecular flexibility index (Phi) is 5.34. The molecule has 0 saturated heterocycles. The van der Waals surface area contributed by atoms with Crippen LogP contribution < -0.4 is 5.32 Å². The third kappa shape index (κ3) is 4.26. The van der Waals surface area contributed by atoms with Crippen molar-refractivity contribution in [2.75, 3.05) is 5.32 Å². The number of hydrogen-bond donors (Lipinski definition) is 2. The SMILES string of the molecule is Cc1nn(CCC(=O)Nc2cc(-c3cccc([N+](=O)[O-])c3)[nH]n2)c(C)c1[N+](=O)[O-]. The van der Waals surface area contributed by atoms with Crippen molar-refractivity contribution in [3.63, 3.8) is 0 Å². The summed E-state index contributed by atoms with van der Waals surface area (Å²) >= 11 is 0. The molecule has 2 aromatic heterocycles. The van der Waals surface area contributed by atoms with Crippen molar-refractivity contribution in [1.82, 2.24) is 20.0 Å². The molecule has 0 atom stereocenters. The van der Waals surface area contributed by atoms with E-state index in [0.717, 1.165) is 0 Å². The van der Waals surface area contributed by atoms with E-state index in [4.69, 9.17) is 0 Å². The molecule has 29 heavy (non-hydrogen) atoms. The molecule has 0 aliphatic carbocycles. The van der Waals surface area contributed by atoms with Gasteiger partial charge < -0.3 is 5.32 Å². The number of rotatable bonds is 7. The first-order chi connectivity index (χ1) is 13.8. The Bertz CT molecular complexity index is 1100. The number of carbonyl (C=O) groups excluding carboxylic acids is 1. The number of H-pyrrole nitrogens is 1. The molecule has 0 saturated carbocycles. The van der Waals surface area contributed by atoms with Gasteiger partial charge in [-0.3, -0.25) is 34.8 Å². The summed E-state index contributed by atoms with van der Waals surface area (Å²) in [6.45, 7) is 3.30. The van der Waals surface area contributed by atoms with E-state index >= 15 is 0 Å². The van der Waals surface area contributed by atoms with Gasteiger partial charge in [0.05, 0.1) is 22.1 Å². The number of nitro benzene ring substituents is 1. The first-order valence-electron chi connectivity index (χ1n) is 8.54. The van der Waals surface area contributed by atoms with Gasteiger partial charge in [0, 0.05) is 30.2 Å². The molecule has 0 unspecified atom stereocenters. The number of aromatic amines is 1. The number of nitrogens with one attached hydrogen (secondary N) is 2. The average Bonchev–Trinajstić information content (AvgIpc) is 3.24. The Labute approximate surface area is 163 Å². The summed E-state index contributed by atoms with van der Waals surface area (Å²) in [5, 5.41) is 35.3. The van der Waals surface area contributed by atoms with Crippen molar-refractivity contribution in [3.05, 3.63) is 61.9 Å². The molecule has 0 spiro atoms. The molecule has 12 nitrogen and oxygen atoms in total. The lowest BCUT2D eigenvalue weighted by Crippen LogP contribution is -2.16. The van der Waals surface area contributed by atoms with Crippen molar-refractivity contribution >= 4 is 23.1 Å². The zero-order valence-electron chi connectivity index (χ0n) is 15.6.